The third-order valence-electron chi connectivity index (χ3n) is 4.08. The van der Waals surface area contributed by atoms with Gasteiger partial charge in [-0.1, -0.05) is 12.1 Å². The Morgan fingerprint density at radius 1 is 1.22 bits per heavy atom. The Hall–Kier alpha value is -2.56. The largest absolute Gasteiger partial charge is 0.493 e. The highest BCUT2D eigenvalue weighted by Crippen LogP contribution is 2.32. The van der Waals surface area contributed by atoms with Crippen LogP contribution in [-0.4, -0.2) is 36.1 Å². The van der Waals surface area contributed by atoms with Crippen molar-refractivity contribution in [3.63, 3.8) is 0 Å². The molecule has 5 heteroatoms. The van der Waals surface area contributed by atoms with Gasteiger partial charge in [0.2, 0.25) is 0 Å². The molecule has 1 saturated heterocycles. The molecule has 0 bridgehead atoms. The zero-order valence-corrected chi connectivity index (χ0v) is 13.1. The fourth-order valence-electron chi connectivity index (χ4n) is 2.96. The summed E-state index contributed by atoms with van der Waals surface area (Å²) in [4.78, 5) is 18.5. The monoisotopic (exact) mass is 312 g/mol. The van der Waals surface area contributed by atoms with E-state index < -0.39 is 0 Å². The van der Waals surface area contributed by atoms with E-state index >= 15 is 0 Å². The molecular weight excluding hydrogens is 292 g/mol. The van der Waals surface area contributed by atoms with E-state index in [1.165, 1.54) is 0 Å². The van der Waals surface area contributed by atoms with Crippen molar-refractivity contribution >= 4 is 5.91 Å². The first-order chi connectivity index (χ1) is 11.3. The van der Waals surface area contributed by atoms with Crippen LogP contribution in [0.1, 0.15) is 24.4 Å². The van der Waals surface area contributed by atoms with Crippen molar-refractivity contribution < 1.29 is 14.3 Å². The number of benzene rings is 1. The number of rotatable bonds is 5. The summed E-state index contributed by atoms with van der Waals surface area (Å²) < 4.78 is 10.9. The van der Waals surface area contributed by atoms with Gasteiger partial charge >= 0.3 is 0 Å². The number of ether oxygens (including phenoxy) is 2. The van der Waals surface area contributed by atoms with Crippen LogP contribution in [0.3, 0.4) is 0 Å². The molecule has 120 valence electrons. The number of amides is 1. The summed E-state index contributed by atoms with van der Waals surface area (Å²) in [6, 6.07) is 11.4. The van der Waals surface area contributed by atoms with Crippen LogP contribution in [0.5, 0.6) is 11.5 Å². The molecular formula is C18H20N2O3. The molecule has 0 saturated carbocycles. The molecule has 1 amide bonds. The van der Waals surface area contributed by atoms with Gasteiger partial charge in [-0.3, -0.25) is 9.78 Å². The Morgan fingerprint density at radius 3 is 2.70 bits per heavy atom. The number of likely N-dealkylation sites (tertiary alicyclic amines) is 1. The molecule has 0 N–H and O–H groups in total. The van der Waals surface area contributed by atoms with Crippen molar-refractivity contribution in [3.8, 4) is 11.5 Å². The van der Waals surface area contributed by atoms with Gasteiger partial charge in [0.15, 0.2) is 18.1 Å². The minimum Gasteiger partial charge on any atom is -0.493 e. The van der Waals surface area contributed by atoms with Gasteiger partial charge in [0.05, 0.1) is 13.2 Å². The smallest absolute Gasteiger partial charge is 0.261 e. The van der Waals surface area contributed by atoms with Crippen LogP contribution in [-0.2, 0) is 4.79 Å². The van der Waals surface area contributed by atoms with E-state index in [0.29, 0.717) is 11.5 Å². The number of para-hydroxylation sites is 2. The molecule has 1 aromatic carbocycles. The summed E-state index contributed by atoms with van der Waals surface area (Å²) in [5.74, 6) is 1.21. The van der Waals surface area contributed by atoms with E-state index in [2.05, 4.69) is 4.98 Å². The molecule has 1 fully saturated rings. The summed E-state index contributed by atoms with van der Waals surface area (Å²) in [5, 5.41) is 0. The van der Waals surface area contributed by atoms with Gasteiger partial charge in [-0.2, -0.15) is 0 Å². The standard InChI is InChI=1S/C18H20N2O3/c1-22-16-6-2-3-7-17(16)23-13-18(21)20-12-4-5-15(20)14-8-10-19-11-9-14/h2-3,6-11,15H,4-5,12-13H2,1H3. The lowest BCUT2D eigenvalue weighted by molar-refractivity contribution is -0.134. The quantitative estimate of drug-likeness (QED) is 0.852. The van der Waals surface area contributed by atoms with Crippen molar-refractivity contribution in [1.29, 1.82) is 0 Å². The van der Waals surface area contributed by atoms with Crippen molar-refractivity contribution in [3.05, 3.63) is 54.4 Å². The molecule has 23 heavy (non-hydrogen) atoms. The van der Waals surface area contributed by atoms with Gasteiger partial charge in [-0.15, -0.1) is 0 Å². The molecule has 2 heterocycles. The Kier molecular flexibility index (Phi) is 4.76. The van der Waals surface area contributed by atoms with Crippen LogP contribution >= 0.6 is 0 Å². The Balaban J connectivity index is 1.66. The van der Waals surface area contributed by atoms with Crippen molar-refractivity contribution in [1.82, 2.24) is 9.88 Å². The third-order valence-corrected chi connectivity index (χ3v) is 4.08. The average molecular weight is 312 g/mol. The van der Waals surface area contributed by atoms with Gasteiger partial charge in [0.25, 0.3) is 5.91 Å². The van der Waals surface area contributed by atoms with Crippen LogP contribution < -0.4 is 9.47 Å². The number of methoxy groups -OCH3 is 1. The summed E-state index contributed by atoms with van der Waals surface area (Å²) >= 11 is 0. The SMILES string of the molecule is COc1ccccc1OCC(=O)N1CCCC1c1ccncc1. The predicted octanol–water partition coefficient (Wildman–Crippen LogP) is 2.83. The molecule has 5 nitrogen and oxygen atoms in total. The van der Waals surface area contributed by atoms with E-state index in [1.54, 1.807) is 25.6 Å². The highest BCUT2D eigenvalue weighted by atomic mass is 16.5. The highest BCUT2D eigenvalue weighted by molar-refractivity contribution is 5.78. The Morgan fingerprint density at radius 2 is 1.96 bits per heavy atom. The molecule has 1 aromatic heterocycles. The lowest BCUT2D eigenvalue weighted by Gasteiger charge is -2.25. The summed E-state index contributed by atoms with van der Waals surface area (Å²) in [6.45, 7) is 0.781. The number of nitrogens with zero attached hydrogens (tertiary/aromatic N) is 2. The molecule has 1 atom stereocenters. The lowest BCUT2D eigenvalue weighted by Crippen LogP contribution is -2.34. The van der Waals surface area contributed by atoms with Gasteiger partial charge in [-0.05, 0) is 42.7 Å². The number of aromatic nitrogens is 1. The fourth-order valence-corrected chi connectivity index (χ4v) is 2.96. The second-order valence-electron chi connectivity index (χ2n) is 5.47. The van der Waals surface area contributed by atoms with Crippen LogP contribution in [0.4, 0.5) is 0 Å². The Labute approximate surface area is 135 Å². The summed E-state index contributed by atoms with van der Waals surface area (Å²) in [6.07, 6.45) is 5.51. The van der Waals surface area contributed by atoms with Gasteiger partial charge in [-0.25, -0.2) is 0 Å². The lowest BCUT2D eigenvalue weighted by atomic mass is 10.1. The molecule has 0 spiro atoms. The molecule has 1 aliphatic rings. The molecule has 0 aliphatic carbocycles. The van der Waals surface area contributed by atoms with Crippen molar-refractivity contribution in [2.75, 3.05) is 20.3 Å². The van der Waals surface area contributed by atoms with Gasteiger partial charge in [0, 0.05) is 18.9 Å². The van der Waals surface area contributed by atoms with E-state index in [4.69, 9.17) is 9.47 Å². The minimum absolute atomic E-state index is 0.00443. The summed E-state index contributed by atoms with van der Waals surface area (Å²) in [7, 11) is 1.59. The number of pyridine rings is 1. The molecule has 0 radical (unpaired) electrons. The van der Waals surface area contributed by atoms with E-state index in [1.807, 2.05) is 35.2 Å². The first kappa shape index (κ1) is 15.3. The van der Waals surface area contributed by atoms with Crippen LogP contribution in [0, 0.1) is 0 Å². The Bertz CT molecular complexity index is 660. The van der Waals surface area contributed by atoms with Crippen molar-refractivity contribution in [2.45, 2.75) is 18.9 Å². The van der Waals surface area contributed by atoms with E-state index in [-0.39, 0.29) is 18.6 Å². The highest BCUT2D eigenvalue weighted by Gasteiger charge is 2.30. The zero-order valence-electron chi connectivity index (χ0n) is 13.1. The second kappa shape index (κ2) is 7.13. The maximum Gasteiger partial charge on any atom is 0.261 e. The maximum atomic E-state index is 12.5. The molecule has 1 aliphatic heterocycles. The van der Waals surface area contributed by atoms with Crippen LogP contribution in [0.2, 0.25) is 0 Å². The minimum atomic E-state index is -0.00443. The zero-order chi connectivity index (χ0) is 16.1. The summed E-state index contributed by atoms with van der Waals surface area (Å²) in [5.41, 5.74) is 1.13. The predicted molar refractivity (Wildman–Crippen MR) is 86.4 cm³/mol. The topological polar surface area (TPSA) is 51.7 Å². The maximum absolute atomic E-state index is 12.5. The molecule has 3 rings (SSSR count). The van der Waals surface area contributed by atoms with Gasteiger partial charge < -0.3 is 14.4 Å². The van der Waals surface area contributed by atoms with E-state index in [9.17, 15) is 4.79 Å². The number of carbonyl (C=O) groups excluding carboxylic acids is 1. The van der Waals surface area contributed by atoms with Crippen LogP contribution in [0.25, 0.3) is 0 Å². The van der Waals surface area contributed by atoms with Crippen molar-refractivity contribution in [2.24, 2.45) is 0 Å². The van der Waals surface area contributed by atoms with Crippen LogP contribution in [0.15, 0.2) is 48.8 Å². The third kappa shape index (κ3) is 3.44. The second-order valence-corrected chi connectivity index (χ2v) is 5.47. The fraction of sp³-hybridized carbons (Fsp3) is 0.333. The number of hydrogen-bond acceptors (Lipinski definition) is 4. The number of hydrogen-bond donors (Lipinski definition) is 0. The number of carbonyl (C=O) groups is 1. The average Bonchev–Trinajstić information content (AvgIpc) is 3.10. The normalized spacial score (nSPS) is 17.1. The first-order valence-electron chi connectivity index (χ1n) is 7.75. The first-order valence-corrected chi connectivity index (χ1v) is 7.75. The van der Waals surface area contributed by atoms with Gasteiger partial charge in [0.1, 0.15) is 0 Å². The molecule has 2 aromatic rings. The molecule has 1 unspecified atom stereocenters. The van der Waals surface area contributed by atoms with E-state index in [0.717, 1.165) is 24.9 Å².